The van der Waals surface area contributed by atoms with Gasteiger partial charge in [-0.05, 0) is 24.6 Å². The van der Waals surface area contributed by atoms with E-state index in [0.717, 1.165) is 24.3 Å². The van der Waals surface area contributed by atoms with Gasteiger partial charge >= 0.3 is 41.7 Å². The zero-order valence-electron chi connectivity index (χ0n) is 17.6. The molecule has 1 unspecified atom stereocenters. The maximum atomic E-state index is 14.1. The molecule has 0 spiro atoms. The molecule has 1 aromatic carbocycles. The molecule has 0 aromatic heterocycles. The van der Waals surface area contributed by atoms with Gasteiger partial charge in [0.25, 0.3) is 0 Å². The van der Waals surface area contributed by atoms with Crippen molar-refractivity contribution in [3.63, 3.8) is 0 Å². The number of nitrogens with zero attached hydrogens (tertiary/aromatic N) is 1. The molecular weight excluding hydrogens is 531 g/mol. The second kappa shape index (κ2) is 8.50. The van der Waals surface area contributed by atoms with Crippen molar-refractivity contribution in [2.24, 2.45) is 0 Å². The molecule has 0 amide bonds. The molecule has 1 atom stereocenters. The summed E-state index contributed by atoms with van der Waals surface area (Å²) in [5.74, 6) is -47.1. The minimum absolute atomic E-state index is 0.324. The molecule has 1 N–H and O–H groups in total. The van der Waals surface area contributed by atoms with Gasteiger partial charge in [-0.15, -0.1) is 0 Å². The molecular formula is C18H16F15NO. The van der Waals surface area contributed by atoms with E-state index >= 15 is 0 Å². The smallest absolute Gasteiger partial charge is 0.385 e. The minimum atomic E-state index is -8.36. The van der Waals surface area contributed by atoms with Crippen LogP contribution in [0.5, 0.6) is 0 Å². The summed E-state index contributed by atoms with van der Waals surface area (Å²) in [4.78, 5) is 1.43. The molecule has 2 nitrogen and oxygen atoms in total. The summed E-state index contributed by atoms with van der Waals surface area (Å²) in [6, 6.07) is 3.88. The summed E-state index contributed by atoms with van der Waals surface area (Å²) >= 11 is 0. The standard InChI is InChI=1S/C18H16F15NO/c1-11(35,9-4-6-10(7-5-9)34(2)3)8-12(19,20)13(21,22)14(23,24)15(25,26)16(27,28)17(29,30)18(31,32)33/h4-7,35H,8H2,1-3H3. The number of benzene rings is 1. The first kappa shape index (κ1) is 31.0. The molecule has 0 aliphatic carbocycles. The molecule has 0 bridgehead atoms. The second-order valence-electron chi connectivity index (χ2n) is 7.97. The Hall–Kier alpha value is -2.07. The number of halogens is 15. The highest BCUT2D eigenvalue weighted by atomic mass is 19.4. The van der Waals surface area contributed by atoms with Crippen molar-refractivity contribution in [3.05, 3.63) is 29.8 Å². The Bertz CT molecular complexity index is 888. The molecule has 0 saturated carbocycles. The average Bonchev–Trinajstić information content (AvgIpc) is 2.65. The number of alkyl halides is 15. The van der Waals surface area contributed by atoms with Crippen LogP contribution in [-0.2, 0) is 5.60 Å². The van der Waals surface area contributed by atoms with Gasteiger partial charge in [-0.3, -0.25) is 0 Å². The van der Waals surface area contributed by atoms with Crippen LogP contribution >= 0.6 is 0 Å². The third-order valence-corrected chi connectivity index (χ3v) is 4.96. The topological polar surface area (TPSA) is 23.5 Å². The first-order chi connectivity index (χ1) is 15.1. The van der Waals surface area contributed by atoms with Crippen LogP contribution in [0.15, 0.2) is 24.3 Å². The van der Waals surface area contributed by atoms with Crippen LogP contribution in [0.4, 0.5) is 71.5 Å². The molecule has 17 heteroatoms. The quantitative estimate of drug-likeness (QED) is 0.347. The third kappa shape index (κ3) is 4.71. The molecule has 0 heterocycles. The number of anilines is 1. The van der Waals surface area contributed by atoms with Crippen molar-refractivity contribution in [1.29, 1.82) is 0 Å². The number of hydrogen-bond acceptors (Lipinski definition) is 2. The van der Waals surface area contributed by atoms with E-state index in [2.05, 4.69) is 0 Å². The fraction of sp³-hybridized carbons (Fsp3) is 0.667. The normalized spacial score (nSPS) is 16.8. The summed E-state index contributed by atoms with van der Waals surface area (Å²) < 4.78 is 199. The lowest BCUT2D eigenvalue weighted by Gasteiger charge is -2.42. The minimum Gasteiger partial charge on any atom is -0.385 e. The van der Waals surface area contributed by atoms with Gasteiger partial charge in [-0.25, -0.2) is 0 Å². The molecule has 0 saturated heterocycles. The molecule has 0 aliphatic heterocycles. The van der Waals surface area contributed by atoms with Gasteiger partial charge < -0.3 is 10.0 Å². The predicted octanol–water partition coefficient (Wildman–Crippen LogP) is 6.72. The largest absolute Gasteiger partial charge is 0.460 e. The molecule has 0 radical (unpaired) electrons. The maximum Gasteiger partial charge on any atom is 0.460 e. The molecule has 0 fully saturated rings. The Morgan fingerprint density at radius 1 is 0.600 bits per heavy atom. The van der Waals surface area contributed by atoms with E-state index in [-0.39, 0.29) is 0 Å². The van der Waals surface area contributed by atoms with Gasteiger partial charge in [0.05, 0.1) is 12.0 Å². The predicted molar refractivity (Wildman–Crippen MR) is 90.7 cm³/mol. The molecule has 1 aromatic rings. The Morgan fingerprint density at radius 3 is 1.29 bits per heavy atom. The van der Waals surface area contributed by atoms with Crippen LogP contribution in [-0.4, -0.2) is 60.9 Å². The van der Waals surface area contributed by atoms with Crippen molar-refractivity contribution in [3.8, 4) is 0 Å². The Kier molecular flexibility index (Phi) is 7.52. The van der Waals surface area contributed by atoms with E-state index in [1.54, 1.807) is 0 Å². The third-order valence-electron chi connectivity index (χ3n) is 4.96. The van der Waals surface area contributed by atoms with Crippen LogP contribution < -0.4 is 4.90 Å². The van der Waals surface area contributed by atoms with Crippen molar-refractivity contribution in [2.45, 2.75) is 60.7 Å². The average molecular weight is 547 g/mol. The van der Waals surface area contributed by atoms with Crippen LogP contribution in [0.1, 0.15) is 18.9 Å². The van der Waals surface area contributed by atoms with Gasteiger partial charge in [-0.1, -0.05) is 12.1 Å². The molecule has 204 valence electrons. The first-order valence-electron chi connectivity index (χ1n) is 8.95. The zero-order valence-corrected chi connectivity index (χ0v) is 17.6. The number of aliphatic hydroxyl groups is 1. The highest BCUT2D eigenvalue weighted by molar-refractivity contribution is 5.47. The molecule has 35 heavy (non-hydrogen) atoms. The van der Waals surface area contributed by atoms with Crippen molar-refractivity contribution in [2.75, 3.05) is 19.0 Å². The van der Waals surface area contributed by atoms with Crippen LogP contribution in [0.3, 0.4) is 0 Å². The Labute approximate surface area is 187 Å². The summed E-state index contributed by atoms with van der Waals surface area (Å²) in [5.41, 5.74) is -3.56. The second-order valence-corrected chi connectivity index (χ2v) is 7.97. The Morgan fingerprint density at radius 2 is 0.943 bits per heavy atom. The number of rotatable bonds is 9. The van der Waals surface area contributed by atoms with Gasteiger partial charge in [0.1, 0.15) is 0 Å². The lowest BCUT2D eigenvalue weighted by molar-refractivity contribution is -0.453. The first-order valence-corrected chi connectivity index (χ1v) is 8.95. The number of hydrogen-bond donors (Lipinski definition) is 1. The van der Waals surface area contributed by atoms with Gasteiger partial charge in [0, 0.05) is 19.8 Å². The molecule has 1 rings (SSSR count). The summed E-state index contributed by atoms with van der Waals surface area (Å²) in [5, 5.41) is 10.1. The highest BCUT2D eigenvalue weighted by Gasteiger charge is 2.93. The lowest BCUT2D eigenvalue weighted by Crippen LogP contribution is -2.72. The SMILES string of the molecule is CN(C)c1ccc(C(C)(O)CC(F)(F)C(F)(F)C(F)(F)C(F)(F)C(F)(F)C(F)(F)C(F)(F)F)cc1. The highest BCUT2D eigenvalue weighted by Crippen LogP contribution is 2.63. The molecule has 0 aliphatic rings. The van der Waals surface area contributed by atoms with E-state index in [1.165, 1.54) is 19.0 Å². The van der Waals surface area contributed by atoms with E-state index in [9.17, 15) is 71.0 Å². The van der Waals surface area contributed by atoms with Crippen molar-refractivity contribution >= 4 is 5.69 Å². The fourth-order valence-electron chi connectivity index (χ4n) is 2.76. The van der Waals surface area contributed by atoms with E-state index < -0.39 is 59.3 Å². The summed E-state index contributed by atoms with van der Waals surface area (Å²) in [6.07, 6.45) is -10.5. The van der Waals surface area contributed by atoms with E-state index in [0.29, 0.717) is 12.6 Å². The van der Waals surface area contributed by atoms with Crippen molar-refractivity contribution < 1.29 is 71.0 Å². The zero-order chi connectivity index (χ0) is 28.3. The van der Waals surface area contributed by atoms with E-state index in [4.69, 9.17) is 0 Å². The van der Waals surface area contributed by atoms with Gasteiger partial charge in [0.2, 0.25) is 0 Å². The van der Waals surface area contributed by atoms with Gasteiger partial charge in [-0.2, -0.15) is 65.9 Å². The van der Waals surface area contributed by atoms with Crippen LogP contribution in [0, 0.1) is 0 Å². The summed E-state index contributed by atoms with van der Waals surface area (Å²) in [6.45, 7) is 0.324. The van der Waals surface area contributed by atoms with Crippen LogP contribution in [0.2, 0.25) is 0 Å². The lowest BCUT2D eigenvalue weighted by atomic mass is 9.83. The Balaban J connectivity index is 3.50. The van der Waals surface area contributed by atoms with E-state index in [1.807, 2.05) is 0 Å². The van der Waals surface area contributed by atoms with Crippen LogP contribution in [0.25, 0.3) is 0 Å². The fourth-order valence-corrected chi connectivity index (χ4v) is 2.76. The van der Waals surface area contributed by atoms with Crippen molar-refractivity contribution in [1.82, 2.24) is 0 Å². The summed E-state index contributed by atoms with van der Waals surface area (Å²) in [7, 11) is 2.98. The monoisotopic (exact) mass is 547 g/mol. The van der Waals surface area contributed by atoms with Gasteiger partial charge in [0.15, 0.2) is 0 Å². The maximum absolute atomic E-state index is 14.1.